The third-order valence-corrected chi connectivity index (χ3v) is 9.12. The van der Waals surface area contributed by atoms with Crippen LogP contribution in [0.15, 0.2) is 0 Å². The van der Waals surface area contributed by atoms with Crippen LogP contribution in [0.1, 0.15) is 64.2 Å². The molecule has 21 heavy (non-hydrogen) atoms. The Morgan fingerprint density at radius 2 is 1.33 bits per heavy atom. The summed E-state index contributed by atoms with van der Waals surface area (Å²) in [6.07, 6.45) is 13.7. The van der Waals surface area contributed by atoms with Crippen molar-refractivity contribution >= 4 is 17.5 Å². The van der Waals surface area contributed by atoms with Crippen LogP contribution in [0.4, 0.5) is 0 Å². The fraction of sp³-hybridized carbons (Fsp3) is 0.947. The number of hydrogen-bond donors (Lipinski definition) is 0. The number of ketones is 1. The largest absolute Gasteiger partial charge is 0.299 e. The van der Waals surface area contributed by atoms with Crippen LogP contribution in [-0.2, 0) is 4.79 Å². The fourth-order valence-corrected chi connectivity index (χ4v) is 8.79. The van der Waals surface area contributed by atoms with E-state index in [4.69, 9.17) is 0 Å². The summed E-state index contributed by atoms with van der Waals surface area (Å²) in [6.45, 7) is 0. The number of carbonyl (C=O) groups excluding carboxylic acids is 1. The van der Waals surface area contributed by atoms with Crippen LogP contribution in [-0.4, -0.2) is 16.3 Å². The molecule has 4 aliphatic carbocycles. The molecule has 6 fully saturated rings. The maximum Gasteiger partial charge on any atom is 0.139 e. The first-order valence-electron chi connectivity index (χ1n) is 9.45. The molecule has 2 aliphatic heterocycles. The zero-order chi connectivity index (χ0) is 14.0. The van der Waals surface area contributed by atoms with Crippen molar-refractivity contribution in [1.29, 1.82) is 0 Å². The van der Waals surface area contributed by atoms with E-state index in [1.165, 1.54) is 64.2 Å². The Morgan fingerprint density at radius 3 is 1.90 bits per heavy atom. The number of fused-ring (bicyclic) bond motifs is 2. The standard InChI is InChI=1S/C19H28OS/c20-19(15-9-16-2-1-3-17(10-15)21-16)18-13-5-11-4-12(7-13)8-14(18)6-11/h11-18H,1-10H2. The highest BCUT2D eigenvalue weighted by Crippen LogP contribution is 2.58. The van der Waals surface area contributed by atoms with Gasteiger partial charge in [0.15, 0.2) is 0 Å². The lowest BCUT2D eigenvalue weighted by Gasteiger charge is -2.54. The van der Waals surface area contributed by atoms with Crippen LogP contribution in [0.3, 0.4) is 0 Å². The maximum absolute atomic E-state index is 13.3. The van der Waals surface area contributed by atoms with Crippen LogP contribution in [0.25, 0.3) is 0 Å². The van der Waals surface area contributed by atoms with Gasteiger partial charge in [-0.15, -0.1) is 0 Å². The van der Waals surface area contributed by atoms with Gasteiger partial charge in [-0.3, -0.25) is 4.79 Å². The van der Waals surface area contributed by atoms with Gasteiger partial charge in [-0.2, -0.15) is 11.8 Å². The number of rotatable bonds is 2. The molecule has 1 nitrogen and oxygen atoms in total. The summed E-state index contributed by atoms with van der Waals surface area (Å²) in [4.78, 5) is 13.3. The molecule has 2 heterocycles. The van der Waals surface area contributed by atoms with Gasteiger partial charge in [-0.25, -0.2) is 0 Å². The van der Waals surface area contributed by atoms with Crippen LogP contribution in [0, 0.1) is 35.5 Å². The van der Waals surface area contributed by atoms with Crippen LogP contribution < -0.4 is 0 Å². The summed E-state index contributed by atoms with van der Waals surface area (Å²) in [7, 11) is 0. The van der Waals surface area contributed by atoms with E-state index < -0.39 is 0 Å². The lowest BCUT2D eigenvalue weighted by Crippen LogP contribution is -2.50. The predicted molar refractivity (Wildman–Crippen MR) is 87.3 cm³/mol. The van der Waals surface area contributed by atoms with Gasteiger partial charge in [0.1, 0.15) is 5.78 Å². The molecule has 6 rings (SSSR count). The van der Waals surface area contributed by atoms with Gasteiger partial charge >= 0.3 is 0 Å². The molecule has 2 unspecified atom stereocenters. The molecule has 0 radical (unpaired) electrons. The highest BCUT2D eigenvalue weighted by atomic mass is 32.2. The van der Waals surface area contributed by atoms with Crippen molar-refractivity contribution in [2.75, 3.05) is 0 Å². The van der Waals surface area contributed by atoms with Gasteiger partial charge in [0.25, 0.3) is 0 Å². The molecule has 0 aromatic heterocycles. The maximum atomic E-state index is 13.3. The molecule has 0 N–H and O–H groups in total. The third-order valence-electron chi connectivity index (χ3n) is 7.49. The topological polar surface area (TPSA) is 17.1 Å². The molecule has 0 aromatic rings. The van der Waals surface area contributed by atoms with Crippen molar-refractivity contribution in [2.24, 2.45) is 35.5 Å². The Kier molecular flexibility index (Phi) is 3.21. The van der Waals surface area contributed by atoms with E-state index in [-0.39, 0.29) is 0 Å². The smallest absolute Gasteiger partial charge is 0.139 e. The zero-order valence-corrected chi connectivity index (χ0v) is 13.8. The summed E-state index contributed by atoms with van der Waals surface area (Å²) in [5, 5.41) is 1.64. The molecule has 116 valence electrons. The predicted octanol–water partition coefficient (Wildman–Crippen LogP) is 4.69. The first-order valence-corrected chi connectivity index (χ1v) is 10.4. The quantitative estimate of drug-likeness (QED) is 0.736. The van der Waals surface area contributed by atoms with Gasteiger partial charge < -0.3 is 0 Å². The molecule has 2 heteroatoms. The van der Waals surface area contributed by atoms with Crippen LogP contribution in [0.5, 0.6) is 0 Å². The Labute approximate surface area is 133 Å². The molecule has 6 aliphatic rings. The number of hydrogen-bond acceptors (Lipinski definition) is 2. The van der Waals surface area contributed by atoms with Crippen LogP contribution in [0.2, 0.25) is 0 Å². The lowest BCUT2D eigenvalue weighted by atomic mass is 9.50. The molecule has 2 atom stereocenters. The van der Waals surface area contributed by atoms with Gasteiger partial charge in [0.05, 0.1) is 0 Å². The second-order valence-electron chi connectivity index (χ2n) is 8.84. The molecule has 2 saturated heterocycles. The van der Waals surface area contributed by atoms with E-state index in [1.807, 2.05) is 0 Å². The van der Waals surface area contributed by atoms with Gasteiger partial charge in [0.2, 0.25) is 0 Å². The first-order chi connectivity index (χ1) is 10.3. The molecule has 4 saturated carbocycles. The third kappa shape index (κ3) is 2.23. The minimum absolute atomic E-state index is 0.448. The zero-order valence-electron chi connectivity index (χ0n) is 13.0. The summed E-state index contributed by atoms with van der Waals surface area (Å²) in [5.74, 6) is 5.26. The number of thioether (sulfide) groups is 1. The molecular formula is C19H28OS. The Morgan fingerprint density at radius 1 is 0.762 bits per heavy atom. The Balaban J connectivity index is 1.34. The van der Waals surface area contributed by atoms with Gasteiger partial charge in [-0.05, 0) is 81.5 Å². The number of carbonyl (C=O) groups is 1. The molecule has 0 aromatic carbocycles. The molecule has 0 amide bonds. The summed E-state index contributed by atoms with van der Waals surface area (Å²) in [5.41, 5.74) is 0. The van der Waals surface area contributed by atoms with E-state index in [0.29, 0.717) is 11.8 Å². The van der Waals surface area contributed by atoms with E-state index in [2.05, 4.69) is 11.8 Å². The van der Waals surface area contributed by atoms with E-state index in [0.717, 1.165) is 40.0 Å². The second kappa shape index (κ2) is 5.01. The van der Waals surface area contributed by atoms with E-state index >= 15 is 0 Å². The van der Waals surface area contributed by atoms with Crippen molar-refractivity contribution in [3.63, 3.8) is 0 Å². The first kappa shape index (κ1) is 13.5. The minimum atomic E-state index is 0.448. The average molecular weight is 304 g/mol. The SMILES string of the molecule is O=C(C1CC2CCCC(C1)S2)C1C2CC3CC(C2)CC1C3. The number of Topliss-reactive ketones (excluding diaryl/α,β-unsaturated/α-hetero) is 1. The lowest BCUT2D eigenvalue weighted by molar-refractivity contribution is -0.140. The minimum Gasteiger partial charge on any atom is -0.299 e. The van der Waals surface area contributed by atoms with Gasteiger partial charge in [-0.1, -0.05) is 6.42 Å². The molecular weight excluding hydrogens is 276 g/mol. The van der Waals surface area contributed by atoms with E-state index in [9.17, 15) is 4.79 Å². The van der Waals surface area contributed by atoms with Crippen molar-refractivity contribution in [2.45, 2.75) is 74.7 Å². The highest BCUT2D eigenvalue weighted by Gasteiger charge is 2.52. The van der Waals surface area contributed by atoms with Crippen molar-refractivity contribution in [3.05, 3.63) is 0 Å². The Bertz CT molecular complexity index is 405. The van der Waals surface area contributed by atoms with Crippen molar-refractivity contribution < 1.29 is 4.79 Å². The average Bonchev–Trinajstić information content (AvgIpc) is 2.45. The monoisotopic (exact) mass is 304 g/mol. The van der Waals surface area contributed by atoms with Gasteiger partial charge in [0, 0.05) is 22.3 Å². The summed E-state index contributed by atoms with van der Waals surface area (Å²) < 4.78 is 0. The molecule has 0 spiro atoms. The second-order valence-corrected chi connectivity index (χ2v) is 10.4. The summed E-state index contributed by atoms with van der Waals surface area (Å²) >= 11 is 2.22. The molecule has 6 bridgehead atoms. The van der Waals surface area contributed by atoms with Crippen LogP contribution >= 0.6 is 11.8 Å². The van der Waals surface area contributed by atoms with Crippen molar-refractivity contribution in [3.8, 4) is 0 Å². The van der Waals surface area contributed by atoms with E-state index in [1.54, 1.807) is 0 Å². The Hall–Kier alpha value is 0.0200. The highest BCUT2D eigenvalue weighted by molar-refractivity contribution is 8.00. The van der Waals surface area contributed by atoms with Crippen molar-refractivity contribution in [1.82, 2.24) is 0 Å². The normalized spacial score (nSPS) is 54.7. The fourth-order valence-electron chi connectivity index (χ4n) is 6.95. The summed E-state index contributed by atoms with van der Waals surface area (Å²) in [6, 6.07) is 0.